The Labute approximate surface area is 107 Å². The van der Waals surface area contributed by atoms with Crippen molar-refractivity contribution in [2.45, 2.75) is 39.9 Å². The van der Waals surface area contributed by atoms with Gasteiger partial charge in [0.05, 0.1) is 18.8 Å². The summed E-state index contributed by atoms with van der Waals surface area (Å²) in [6.07, 6.45) is -0.195. The summed E-state index contributed by atoms with van der Waals surface area (Å²) >= 11 is 0. The summed E-state index contributed by atoms with van der Waals surface area (Å²) in [5.41, 5.74) is 0.688. The summed E-state index contributed by atoms with van der Waals surface area (Å²) in [6, 6.07) is 4.73. The topological polar surface area (TPSA) is 39.9 Å². The highest BCUT2D eigenvalue weighted by Crippen LogP contribution is 2.29. The van der Waals surface area contributed by atoms with E-state index in [2.05, 4.69) is 4.85 Å². The van der Waals surface area contributed by atoms with Gasteiger partial charge in [-0.1, -0.05) is 0 Å². The third kappa shape index (κ3) is 3.77. The van der Waals surface area contributed by atoms with Crippen LogP contribution in [0.2, 0.25) is 0 Å². The Kier molecular flexibility index (Phi) is 4.73. The van der Waals surface area contributed by atoms with Gasteiger partial charge in [-0.2, -0.15) is 0 Å². The van der Waals surface area contributed by atoms with Crippen molar-refractivity contribution in [1.29, 1.82) is 0 Å². The standard InChI is InChI=1S/C14H17NO3/c1-9(2)17-13-7-6-11(8-12(13)15-5)14(16)18-10(3)4/h6-10H,1-4H3. The van der Waals surface area contributed by atoms with Gasteiger partial charge in [0.15, 0.2) is 0 Å². The maximum Gasteiger partial charge on any atom is 0.337 e. The Bertz CT molecular complexity index is 472. The summed E-state index contributed by atoms with van der Waals surface area (Å²) < 4.78 is 10.6. The van der Waals surface area contributed by atoms with Gasteiger partial charge in [-0.15, -0.1) is 0 Å². The van der Waals surface area contributed by atoms with Crippen LogP contribution in [0.1, 0.15) is 38.1 Å². The molecule has 4 nitrogen and oxygen atoms in total. The minimum atomic E-state index is -0.425. The predicted octanol–water partition coefficient (Wildman–Crippen LogP) is 3.59. The van der Waals surface area contributed by atoms with Crippen LogP contribution < -0.4 is 4.74 Å². The highest BCUT2D eigenvalue weighted by Gasteiger charge is 2.13. The third-order valence-electron chi connectivity index (χ3n) is 2.02. The van der Waals surface area contributed by atoms with Crippen molar-refractivity contribution >= 4 is 11.7 Å². The fraction of sp³-hybridized carbons (Fsp3) is 0.429. The van der Waals surface area contributed by atoms with E-state index in [1.165, 1.54) is 6.07 Å². The lowest BCUT2D eigenvalue weighted by atomic mass is 10.2. The molecule has 0 atom stereocenters. The van der Waals surface area contributed by atoms with Gasteiger partial charge in [0.25, 0.3) is 0 Å². The van der Waals surface area contributed by atoms with Crippen LogP contribution in [0, 0.1) is 6.57 Å². The number of hydrogen-bond acceptors (Lipinski definition) is 3. The molecule has 0 saturated heterocycles. The van der Waals surface area contributed by atoms with Crippen molar-refractivity contribution in [1.82, 2.24) is 0 Å². The molecule has 0 aliphatic heterocycles. The Morgan fingerprint density at radius 3 is 2.39 bits per heavy atom. The first-order valence-corrected chi connectivity index (χ1v) is 5.83. The molecule has 0 heterocycles. The van der Waals surface area contributed by atoms with Crippen LogP contribution in [0.25, 0.3) is 4.85 Å². The smallest absolute Gasteiger partial charge is 0.337 e. The van der Waals surface area contributed by atoms with Gasteiger partial charge in [0.2, 0.25) is 5.69 Å². The van der Waals surface area contributed by atoms with Crippen molar-refractivity contribution in [2.75, 3.05) is 0 Å². The van der Waals surface area contributed by atoms with Crippen molar-refractivity contribution < 1.29 is 14.3 Å². The molecule has 0 fully saturated rings. The highest BCUT2D eigenvalue weighted by atomic mass is 16.5. The second kappa shape index (κ2) is 6.06. The van der Waals surface area contributed by atoms with Crippen LogP contribution in [0.15, 0.2) is 18.2 Å². The SMILES string of the molecule is [C-]#[N+]c1cc(C(=O)OC(C)C)ccc1OC(C)C. The lowest BCUT2D eigenvalue weighted by Crippen LogP contribution is -2.11. The largest absolute Gasteiger partial charge is 0.502 e. The lowest BCUT2D eigenvalue weighted by Gasteiger charge is -2.13. The molecule has 0 radical (unpaired) electrons. The highest BCUT2D eigenvalue weighted by molar-refractivity contribution is 5.91. The van der Waals surface area contributed by atoms with Gasteiger partial charge >= 0.3 is 5.97 Å². The van der Waals surface area contributed by atoms with Gasteiger partial charge in [-0.25, -0.2) is 9.64 Å². The summed E-state index contributed by atoms with van der Waals surface area (Å²) in [6.45, 7) is 14.4. The Hall–Kier alpha value is -2.02. The van der Waals surface area contributed by atoms with E-state index in [4.69, 9.17) is 16.0 Å². The van der Waals surface area contributed by atoms with E-state index >= 15 is 0 Å². The van der Waals surface area contributed by atoms with Crippen LogP contribution in [-0.4, -0.2) is 18.2 Å². The Morgan fingerprint density at radius 2 is 1.89 bits per heavy atom. The van der Waals surface area contributed by atoms with E-state index in [9.17, 15) is 4.79 Å². The molecule has 0 amide bonds. The van der Waals surface area contributed by atoms with Crippen LogP contribution in [0.3, 0.4) is 0 Å². The maximum atomic E-state index is 11.7. The first-order chi connectivity index (χ1) is 8.43. The zero-order valence-electron chi connectivity index (χ0n) is 11.1. The van der Waals surface area contributed by atoms with E-state index in [-0.39, 0.29) is 12.2 Å². The molecule has 0 aliphatic rings. The van der Waals surface area contributed by atoms with E-state index in [0.29, 0.717) is 17.0 Å². The molecule has 4 heteroatoms. The van der Waals surface area contributed by atoms with Gasteiger partial charge in [0.1, 0.15) is 5.75 Å². The number of carbonyl (C=O) groups excluding carboxylic acids is 1. The molecule has 0 bridgehead atoms. The van der Waals surface area contributed by atoms with E-state index in [1.807, 2.05) is 13.8 Å². The number of benzene rings is 1. The number of nitrogens with zero attached hydrogens (tertiary/aromatic N) is 1. The van der Waals surface area contributed by atoms with Crippen molar-refractivity contribution in [3.05, 3.63) is 35.2 Å². The van der Waals surface area contributed by atoms with Crippen LogP contribution >= 0.6 is 0 Å². The number of ether oxygens (including phenoxy) is 2. The molecule has 0 spiro atoms. The molecule has 0 aliphatic carbocycles. The molecule has 1 aromatic rings. The fourth-order valence-corrected chi connectivity index (χ4v) is 1.37. The quantitative estimate of drug-likeness (QED) is 0.603. The summed E-state index contributed by atoms with van der Waals surface area (Å²) in [7, 11) is 0. The Balaban J connectivity index is 2.99. The molecule has 96 valence electrons. The molecular formula is C14H17NO3. The molecule has 0 unspecified atom stereocenters. The third-order valence-corrected chi connectivity index (χ3v) is 2.02. The number of hydrogen-bond donors (Lipinski definition) is 0. The number of esters is 1. The summed E-state index contributed by atoms with van der Waals surface area (Å²) in [4.78, 5) is 15.1. The zero-order valence-corrected chi connectivity index (χ0v) is 11.1. The molecule has 0 aromatic heterocycles. The van der Waals surface area contributed by atoms with Crippen LogP contribution in [0.4, 0.5) is 5.69 Å². The van der Waals surface area contributed by atoms with E-state index in [1.54, 1.807) is 26.0 Å². The Morgan fingerprint density at radius 1 is 1.22 bits per heavy atom. The number of carbonyl (C=O) groups is 1. The molecular weight excluding hydrogens is 230 g/mol. The number of rotatable bonds is 4. The molecule has 1 aromatic carbocycles. The minimum Gasteiger partial charge on any atom is -0.502 e. The average molecular weight is 247 g/mol. The van der Waals surface area contributed by atoms with Gasteiger partial charge in [-0.05, 0) is 45.9 Å². The lowest BCUT2D eigenvalue weighted by molar-refractivity contribution is 0.0378. The summed E-state index contributed by atoms with van der Waals surface area (Å²) in [5, 5.41) is 0. The normalized spacial score (nSPS) is 10.3. The van der Waals surface area contributed by atoms with E-state index < -0.39 is 5.97 Å². The van der Waals surface area contributed by atoms with Crippen molar-refractivity contribution in [3.8, 4) is 5.75 Å². The first kappa shape index (κ1) is 14.0. The van der Waals surface area contributed by atoms with Gasteiger partial charge in [0, 0.05) is 5.56 Å². The monoisotopic (exact) mass is 247 g/mol. The predicted molar refractivity (Wildman–Crippen MR) is 69.0 cm³/mol. The average Bonchev–Trinajstić information content (AvgIpc) is 2.27. The van der Waals surface area contributed by atoms with Gasteiger partial charge < -0.3 is 9.47 Å². The van der Waals surface area contributed by atoms with E-state index in [0.717, 1.165) is 0 Å². The fourth-order valence-electron chi connectivity index (χ4n) is 1.37. The summed E-state index contributed by atoms with van der Waals surface area (Å²) in [5.74, 6) is 0.0621. The van der Waals surface area contributed by atoms with Crippen LogP contribution in [-0.2, 0) is 4.74 Å². The van der Waals surface area contributed by atoms with Crippen molar-refractivity contribution in [2.24, 2.45) is 0 Å². The first-order valence-electron chi connectivity index (χ1n) is 5.83. The molecule has 18 heavy (non-hydrogen) atoms. The maximum absolute atomic E-state index is 11.7. The minimum absolute atomic E-state index is 0.0148. The molecule has 1 rings (SSSR count). The van der Waals surface area contributed by atoms with Crippen LogP contribution in [0.5, 0.6) is 5.75 Å². The van der Waals surface area contributed by atoms with Crippen molar-refractivity contribution in [3.63, 3.8) is 0 Å². The second-order valence-corrected chi connectivity index (χ2v) is 4.41. The zero-order chi connectivity index (χ0) is 13.7. The van der Waals surface area contributed by atoms with Gasteiger partial charge in [-0.3, -0.25) is 0 Å². The second-order valence-electron chi connectivity index (χ2n) is 4.41. The molecule has 0 N–H and O–H groups in total. The molecule has 0 saturated carbocycles.